The van der Waals surface area contributed by atoms with E-state index >= 15 is 0 Å². The van der Waals surface area contributed by atoms with Gasteiger partial charge in [0, 0.05) is 19.0 Å². The molecule has 2 aliphatic rings. The molecule has 0 amide bonds. The van der Waals surface area contributed by atoms with Crippen LogP contribution in [0, 0.1) is 13.8 Å². The molecule has 0 saturated heterocycles. The molecule has 0 unspecified atom stereocenters. The standard InChI is InChI=1S/C19H24N4O3.HI/c1-12-13(2)26-17(23-12)9-21-18(20-3)22-10-19(6-7-19)14-4-5-15-16(8-14)25-11-24-15;/h4-5,8H,6-7,9-11H2,1-3H3,(H2,20,21,22);1H. The second kappa shape index (κ2) is 7.95. The van der Waals surface area contributed by atoms with Crippen LogP contribution < -0.4 is 20.1 Å². The molecule has 1 fully saturated rings. The summed E-state index contributed by atoms with van der Waals surface area (Å²) in [5.74, 6) is 3.92. The van der Waals surface area contributed by atoms with Crippen LogP contribution in [0.15, 0.2) is 27.6 Å². The van der Waals surface area contributed by atoms with Gasteiger partial charge in [-0.2, -0.15) is 0 Å². The maximum Gasteiger partial charge on any atom is 0.231 e. The minimum atomic E-state index is 0. The van der Waals surface area contributed by atoms with Crippen LogP contribution in [-0.2, 0) is 12.0 Å². The number of aliphatic imine (C=N–C) groups is 1. The van der Waals surface area contributed by atoms with E-state index in [2.05, 4.69) is 32.7 Å². The first kappa shape index (κ1) is 19.8. The summed E-state index contributed by atoms with van der Waals surface area (Å²) in [4.78, 5) is 8.68. The van der Waals surface area contributed by atoms with Gasteiger partial charge in [-0.15, -0.1) is 24.0 Å². The normalized spacial score (nSPS) is 16.6. The molecule has 1 saturated carbocycles. The average Bonchev–Trinajstić information content (AvgIpc) is 3.16. The van der Waals surface area contributed by atoms with E-state index in [0.29, 0.717) is 19.2 Å². The summed E-state index contributed by atoms with van der Waals surface area (Å²) >= 11 is 0. The highest BCUT2D eigenvalue weighted by molar-refractivity contribution is 14.0. The number of rotatable bonds is 5. The van der Waals surface area contributed by atoms with E-state index in [0.717, 1.165) is 48.3 Å². The molecule has 4 rings (SSSR count). The van der Waals surface area contributed by atoms with Crippen molar-refractivity contribution in [2.75, 3.05) is 20.4 Å². The van der Waals surface area contributed by atoms with Gasteiger partial charge in [0.2, 0.25) is 12.7 Å². The Bertz CT molecular complexity index is 826. The van der Waals surface area contributed by atoms with E-state index in [4.69, 9.17) is 13.9 Å². The molecular formula is C19H25IN4O3. The zero-order valence-corrected chi connectivity index (χ0v) is 18.1. The Morgan fingerprint density at radius 2 is 1.96 bits per heavy atom. The van der Waals surface area contributed by atoms with Gasteiger partial charge in [-0.05, 0) is 44.4 Å². The Morgan fingerprint density at radius 1 is 1.19 bits per heavy atom. The molecule has 0 spiro atoms. The fourth-order valence-electron chi connectivity index (χ4n) is 3.19. The largest absolute Gasteiger partial charge is 0.454 e. The van der Waals surface area contributed by atoms with Gasteiger partial charge >= 0.3 is 0 Å². The summed E-state index contributed by atoms with van der Waals surface area (Å²) in [6.07, 6.45) is 2.30. The number of oxazole rings is 1. The lowest BCUT2D eigenvalue weighted by Crippen LogP contribution is -2.40. The predicted molar refractivity (Wildman–Crippen MR) is 113 cm³/mol. The average molecular weight is 484 g/mol. The molecule has 27 heavy (non-hydrogen) atoms. The summed E-state index contributed by atoms with van der Waals surface area (Å²) in [6.45, 7) is 5.49. The van der Waals surface area contributed by atoms with Gasteiger partial charge in [-0.25, -0.2) is 4.98 Å². The van der Waals surface area contributed by atoms with Crippen LogP contribution in [0.3, 0.4) is 0 Å². The first-order valence-electron chi connectivity index (χ1n) is 8.87. The highest BCUT2D eigenvalue weighted by Crippen LogP contribution is 2.49. The summed E-state index contributed by atoms with van der Waals surface area (Å²) in [5.41, 5.74) is 2.34. The van der Waals surface area contributed by atoms with Crippen molar-refractivity contribution in [3.8, 4) is 11.5 Å². The Hall–Kier alpha value is -1.97. The van der Waals surface area contributed by atoms with Crippen molar-refractivity contribution in [1.82, 2.24) is 15.6 Å². The van der Waals surface area contributed by atoms with Gasteiger partial charge in [-0.1, -0.05) is 6.07 Å². The van der Waals surface area contributed by atoms with Gasteiger partial charge in [-0.3, -0.25) is 4.99 Å². The molecule has 1 aliphatic carbocycles. The number of nitrogens with one attached hydrogen (secondary N) is 2. The van der Waals surface area contributed by atoms with E-state index in [9.17, 15) is 0 Å². The lowest BCUT2D eigenvalue weighted by molar-refractivity contribution is 0.174. The molecule has 0 radical (unpaired) electrons. The van der Waals surface area contributed by atoms with Crippen LogP contribution in [0.2, 0.25) is 0 Å². The fourth-order valence-corrected chi connectivity index (χ4v) is 3.19. The molecule has 7 nitrogen and oxygen atoms in total. The zero-order valence-electron chi connectivity index (χ0n) is 15.8. The maximum absolute atomic E-state index is 5.60. The Balaban J connectivity index is 0.00000210. The van der Waals surface area contributed by atoms with Crippen molar-refractivity contribution in [2.24, 2.45) is 4.99 Å². The number of aryl methyl sites for hydroxylation is 2. The van der Waals surface area contributed by atoms with Crippen LogP contribution in [-0.4, -0.2) is 31.3 Å². The highest BCUT2D eigenvalue weighted by atomic mass is 127. The van der Waals surface area contributed by atoms with E-state index in [1.54, 1.807) is 7.05 Å². The van der Waals surface area contributed by atoms with Gasteiger partial charge in [0.05, 0.1) is 12.2 Å². The SMILES string of the molecule is CN=C(NCc1nc(C)c(C)o1)NCC1(c2ccc3c(c2)OCO3)CC1.I. The number of fused-ring (bicyclic) bond motifs is 1. The molecule has 2 N–H and O–H groups in total. The first-order valence-corrected chi connectivity index (χ1v) is 8.87. The monoisotopic (exact) mass is 484 g/mol. The van der Waals surface area contributed by atoms with Crippen LogP contribution in [0.5, 0.6) is 11.5 Å². The van der Waals surface area contributed by atoms with Crippen molar-refractivity contribution in [2.45, 2.75) is 38.6 Å². The number of hydrogen-bond acceptors (Lipinski definition) is 5. The number of benzene rings is 1. The van der Waals surface area contributed by atoms with Crippen LogP contribution in [0.25, 0.3) is 0 Å². The Morgan fingerprint density at radius 3 is 2.63 bits per heavy atom. The van der Waals surface area contributed by atoms with Gasteiger partial charge in [0.1, 0.15) is 5.76 Å². The number of hydrogen-bond donors (Lipinski definition) is 2. The molecule has 0 atom stereocenters. The topological polar surface area (TPSA) is 80.9 Å². The lowest BCUT2D eigenvalue weighted by atomic mass is 9.95. The molecule has 2 heterocycles. The minimum absolute atomic E-state index is 0. The molecule has 8 heteroatoms. The molecule has 1 aliphatic heterocycles. The maximum atomic E-state index is 5.60. The van der Waals surface area contributed by atoms with Gasteiger partial charge in [0.15, 0.2) is 17.5 Å². The summed E-state index contributed by atoms with van der Waals surface area (Å²) in [7, 11) is 1.77. The third-order valence-corrected chi connectivity index (χ3v) is 5.14. The third-order valence-electron chi connectivity index (χ3n) is 5.14. The summed E-state index contributed by atoms with van der Waals surface area (Å²) in [6, 6.07) is 6.24. The molecule has 146 valence electrons. The lowest BCUT2D eigenvalue weighted by Gasteiger charge is -2.19. The number of halogens is 1. The van der Waals surface area contributed by atoms with Crippen molar-refractivity contribution < 1.29 is 13.9 Å². The van der Waals surface area contributed by atoms with Crippen molar-refractivity contribution in [3.05, 3.63) is 41.1 Å². The Kier molecular flexibility index (Phi) is 5.83. The number of guanidine groups is 1. The second-order valence-electron chi connectivity index (χ2n) is 6.88. The summed E-state index contributed by atoms with van der Waals surface area (Å²) < 4.78 is 16.5. The number of nitrogens with zero attached hydrogens (tertiary/aromatic N) is 2. The summed E-state index contributed by atoms with van der Waals surface area (Å²) in [5, 5.41) is 6.69. The minimum Gasteiger partial charge on any atom is -0.454 e. The fraction of sp³-hybridized carbons (Fsp3) is 0.474. The van der Waals surface area contributed by atoms with E-state index < -0.39 is 0 Å². The van der Waals surface area contributed by atoms with E-state index in [1.807, 2.05) is 19.9 Å². The number of ether oxygens (including phenoxy) is 2. The van der Waals surface area contributed by atoms with Crippen molar-refractivity contribution in [3.63, 3.8) is 0 Å². The van der Waals surface area contributed by atoms with E-state index in [1.165, 1.54) is 5.56 Å². The first-order chi connectivity index (χ1) is 12.6. The van der Waals surface area contributed by atoms with Gasteiger partial charge < -0.3 is 24.5 Å². The third kappa shape index (κ3) is 4.15. The molecule has 1 aromatic carbocycles. The van der Waals surface area contributed by atoms with Crippen molar-refractivity contribution >= 4 is 29.9 Å². The molecular weight excluding hydrogens is 459 g/mol. The van der Waals surface area contributed by atoms with Crippen LogP contribution in [0.4, 0.5) is 0 Å². The van der Waals surface area contributed by atoms with Gasteiger partial charge in [0.25, 0.3) is 0 Å². The Labute approximate surface area is 176 Å². The van der Waals surface area contributed by atoms with Crippen molar-refractivity contribution in [1.29, 1.82) is 0 Å². The molecule has 1 aromatic heterocycles. The quantitative estimate of drug-likeness (QED) is 0.386. The zero-order chi connectivity index (χ0) is 18.1. The smallest absolute Gasteiger partial charge is 0.231 e. The predicted octanol–water partition coefficient (Wildman–Crippen LogP) is 3.03. The van der Waals surface area contributed by atoms with Crippen LogP contribution in [0.1, 0.15) is 35.7 Å². The van der Waals surface area contributed by atoms with E-state index in [-0.39, 0.29) is 29.4 Å². The number of aromatic nitrogens is 1. The second-order valence-corrected chi connectivity index (χ2v) is 6.88. The molecule has 2 aromatic rings. The molecule has 0 bridgehead atoms. The highest BCUT2D eigenvalue weighted by Gasteiger charge is 2.44. The van der Waals surface area contributed by atoms with Crippen LogP contribution >= 0.6 is 24.0 Å².